The maximum atomic E-state index is 12.9. The molecule has 0 fully saturated rings. The molecule has 0 amide bonds. The molecule has 0 aliphatic carbocycles. The van der Waals surface area contributed by atoms with E-state index in [2.05, 4.69) is 9.97 Å². The zero-order valence-electron chi connectivity index (χ0n) is 5.44. The highest BCUT2D eigenvalue weighted by atomic mass is 35.5. The number of hydrogen-bond donors (Lipinski definition) is 1. The van der Waals surface area contributed by atoms with E-state index in [1.807, 2.05) is 0 Å². The lowest BCUT2D eigenvalue weighted by atomic mass is 10.3. The molecule has 1 heterocycles. The van der Waals surface area contributed by atoms with Gasteiger partial charge >= 0.3 is 0 Å². The molecule has 0 atom stereocenters. The number of nitrogens with one attached hydrogen (secondary N) is 1. The topological polar surface area (TPSA) is 28.7 Å². The Morgan fingerprint density at radius 1 is 1.45 bits per heavy atom. The Morgan fingerprint density at radius 3 is 3.00 bits per heavy atom. The van der Waals surface area contributed by atoms with Crippen LogP contribution >= 0.6 is 11.6 Å². The Labute approximate surface area is 67.0 Å². The Hall–Kier alpha value is -1.09. The first-order valence-electron chi connectivity index (χ1n) is 3.07. The molecular weight excluding hydrogens is 167 g/mol. The molecule has 1 aromatic heterocycles. The van der Waals surface area contributed by atoms with E-state index in [4.69, 9.17) is 11.6 Å². The Kier molecular flexibility index (Phi) is 1.32. The van der Waals surface area contributed by atoms with Crippen molar-refractivity contribution in [2.45, 2.75) is 0 Å². The molecule has 1 N–H and O–H groups in total. The Morgan fingerprint density at radius 2 is 2.27 bits per heavy atom. The van der Waals surface area contributed by atoms with Gasteiger partial charge in [-0.1, -0.05) is 6.07 Å². The molecule has 0 saturated carbocycles. The molecule has 0 aliphatic heterocycles. The number of aromatic amines is 1. The second kappa shape index (κ2) is 2.20. The molecule has 2 aromatic rings. The summed E-state index contributed by atoms with van der Waals surface area (Å²) in [4.78, 5) is 6.46. The van der Waals surface area contributed by atoms with Gasteiger partial charge in [-0.15, -0.1) is 0 Å². The Balaban J connectivity index is 2.90. The SMILES string of the molecule is Fc1cccc2[nH]c(Cl)nc12. The summed E-state index contributed by atoms with van der Waals surface area (Å²) < 4.78 is 12.9. The molecule has 1 aromatic carbocycles. The van der Waals surface area contributed by atoms with Crippen molar-refractivity contribution in [1.82, 2.24) is 9.97 Å². The summed E-state index contributed by atoms with van der Waals surface area (Å²) in [5.74, 6) is -0.356. The van der Waals surface area contributed by atoms with Crippen LogP contribution < -0.4 is 0 Å². The largest absolute Gasteiger partial charge is 0.328 e. The second-order valence-electron chi connectivity index (χ2n) is 2.16. The van der Waals surface area contributed by atoms with Crippen LogP contribution in [-0.4, -0.2) is 9.97 Å². The molecule has 11 heavy (non-hydrogen) atoms. The van der Waals surface area contributed by atoms with Crippen molar-refractivity contribution in [3.63, 3.8) is 0 Å². The normalized spacial score (nSPS) is 10.7. The molecule has 2 rings (SSSR count). The number of hydrogen-bond acceptors (Lipinski definition) is 1. The fourth-order valence-corrected chi connectivity index (χ4v) is 1.15. The third kappa shape index (κ3) is 0.973. The number of H-pyrrole nitrogens is 1. The molecule has 4 heteroatoms. The van der Waals surface area contributed by atoms with Crippen molar-refractivity contribution in [2.75, 3.05) is 0 Å². The van der Waals surface area contributed by atoms with Gasteiger partial charge in [0.25, 0.3) is 0 Å². The molecule has 0 radical (unpaired) electrons. The van der Waals surface area contributed by atoms with Gasteiger partial charge in [-0.2, -0.15) is 0 Å². The van der Waals surface area contributed by atoms with Crippen LogP contribution in [0.1, 0.15) is 0 Å². The van der Waals surface area contributed by atoms with E-state index in [0.29, 0.717) is 5.52 Å². The molecule has 2 nitrogen and oxygen atoms in total. The van der Waals surface area contributed by atoms with Gasteiger partial charge in [0.1, 0.15) is 5.52 Å². The minimum Gasteiger partial charge on any atom is -0.328 e. The number of rotatable bonds is 0. The van der Waals surface area contributed by atoms with Crippen LogP contribution in [0.5, 0.6) is 0 Å². The zero-order valence-corrected chi connectivity index (χ0v) is 6.19. The minimum atomic E-state index is -0.356. The summed E-state index contributed by atoms with van der Waals surface area (Å²) in [7, 11) is 0. The van der Waals surface area contributed by atoms with Crippen molar-refractivity contribution < 1.29 is 4.39 Å². The molecule has 0 saturated heterocycles. The molecule has 0 aliphatic rings. The van der Waals surface area contributed by atoms with Crippen LogP contribution in [0.15, 0.2) is 18.2 Å². The second-order valence-corrected chi connectivity index (χ2v) is 2.52. The monoisotopic (exact) mass is 170 g/mol. The van der Waals surface area contributed by atoms with Crippen molar-refractivity contribution in [1.29, 1.82) is 0 Å². The lowest BCUT2D eigenvalue weighted by molar-refractivity contribution is 0.637. The van der Waals surface area contributed by atoms with Crippen LogP contribution in [0.25, 0.3) is 11.0 Å². The third-order valence-electron chi connectivity index (χ3n) is 1.43. The number of benzene rings is 1. The number of para-hydroxylation sites is 1. The maximum Gasteiger partial charge on any atom is 0.201 e. The number of halogens is 2. The standard InChI is InChI=1S/C7H4ClFN2/c8-7-10-5-3-1-2-4(9)6(5)11-7/h1-3H,(H,10,11). The van der Waals surface area contributed by atoms with E-state index in [0.717, 1.165) is 0 Å². The zero-order chi connectivity index (χ0) is 7.84. The summed E-state index contributed by atoms with van der Waals surface area (Å²) in [6.07, 6.45) is 0. The number of imidazole rings is 1. The van der Waals surface area contributed by atoms with Crippen LogP contribution in [0.3, 0.4) is 0 Å². The maximum absolute atomic E-state index is 12.9. The van der Waals surface area contributed by atoms with Crippen LogP contribution in [0.4, 0.5) is 4.39 Å². The first-order chi connectivity index (χ1) is 5.27. The van der Waals surface area contributed by atoms with Crippen LogP contribution in [-0.2, 0) is 0 Å². The predicted molar refractivity (Wildman–Crippen MR) is 41.1 cm³/mol. The van der Waals surface area contributed by atoms with E-state index in [9.17, 15) is 4.39 Å². The Bertz CT molecular complexity index is 396. The fourth-order valence-electron chi connectivity index (χ4n) is 0.967. The summed E-state index contributed by atoms with van der Waals surface area (Å²) in [5.41, 5.74) is 0.910. The number of fused-ring (bicyclic) bond motifs is 1. The smallest absolute Gasteiger partial charge is 0.201 e. The number of aromatic nitrogens is 2. The van der Waals surface area contributed by atoms with Crippen molar-refractivity contribution in [3.05, 3.63) is 29.3 Å². The van der Waals surface area contributed by atoms with Crippen molar-refractivity contribution >= 4 is 22.6 Å². The summed E-state index contributed by atoms with van der Waals surface area (Å²) in [6, 6.07) is 4.67. The average molecular weight is 171 g/mol. The van der Waals surface area contributed by atoms with Crippen molar-refractivity contribution in [3.8, 4) is 0 Å². The van der Waals surface area contributed by atoms with Gasteiger partial charge < -0.3 is 4.98 Å². The lowest BCUT2D eigenvalue weighted by Crippen LogP contribution is -1.74. The van der Waals surface area contributed by atoms with Crippen molar-refractivity contribution in [2.24, 2.45) is 0 Å². The highest BCUT2D eigenvalue weighted by molar-refractivity contribution is 6.29. The third-order valence-corrected chi connectivity index (χ3v) is 1.61. The quantitative estimate of drug-likeness (QED) is 0.646. The van der Waals surface area contributed by atoms with Crippen LogP contribution in [0, 0.1) is 5.82 Å². The van der Waals surface area contributed by atoms with E-state index in [-0.39, 0.29) is 16.6 Å². The molecule has 0 bridgehead atoms. The van der Waals surface area contributed by atoms with E-state index in [1.54, 1.807) is 12.1 Å². The fraction of sp³-hybridized carbons (Fsp3) is 0. The minimum absolute atomic E-state index is 0.213. The van der Waals surface area contributed by atoms with E-state index >= 15 is 0 Å². The lowest BCUT2D eigenvalue weighted by Gasteiger charge is -1.86. The highest BCUT2D eigenvalue weighted by Gasteiger charge is 2.03. The summed E-state index contributed by atoms with van der Waals surface area (Å²) in [5, 5.41) is 0.213. The van der Waals surface area contributed by atoms with E-state index in [1.165, 1.54) is 6.07 Å². The molecular formula is C7H4ClFN2. The van der Waals surface area contributed by atoms with Gasteiger partial charge in [0.15, 0.2) is 5.82 Å². The van der Waals surface area contributed by atoms with Gasteiger partial charge in [-0.25, -0.2) is 9.37 Å². The van der Waals surface area contributed by atoms with E-state index < -0.39 is 0 Å². The average Bonchev–Trinajstić information content (AvgIpc) is 2.31. The van der Waals surface area contributed by atoms with Gasteiger partial charge in [0.05, 0.1) is 5.52 Å². The highest BCUT2D eigenvalue weighted by Crippen LogP contribution is 2.16. The first-order valence-corrected chi connectivity index (χ1v) is 3.45. The predicted octanol–water partition coefficient (Wildman–Crippen LogP) is 2.36. The summed E-state index contributed by atoms with van der Waals surface area (Å²) >= 11 is 5.52. The first kappa shape index (κ1) is 6.61. The van der Waals surface area contributed by atoms with Crippen LogP contribution in [0.2, 0.25) is 5.28 Å². The summed E-state index contributed by atoms with van der Waals surface area (Å²) in [6.45, 7) is 0. The molecule has 0 spiro atoms. The number of nitrogens with zero attached hydrogens (tertiary/aromatic N) is 1. The van der Waals surface area contributed by atoms with Gasteiger partial charge in [0, 0.05) is 0 Å². The van der Waals surface area contributed by atoms with Gasteiger partial charge in [-0.05, 0) is 23.7 Å². The molecule has 56 valence electrons. The molecule has 0 unspecified atom stereocenters. The van der Waals surface area contributed by atoms with Gasteiger partial charge in [0.2, 0.25) is 5.28 Å². The van der Waals surface area contributed by atoms with Gasteiger partial charge in [-0.3, -0.25) is 0 Å².